The Bertz CT molecular complexity index is 946. The number of anilines is 1. The minimum atomic E-state index is -0.441. The van der Waals surface area contributed by atoms with E-state index in [4.69, 9.17) is 10.1 Å². The van der Waals surface area contributed by atoms with Gasteiger partial charge in [0.25, 0.3) is 0 Å². The van der Waals surface area contributed by atoms with Crippen molar-refractivity contribution >= 4 is 23.8 Å². The van der Waals surface area contributed by atoms with Crippen molar-refractivity contribution in [2.24, 2.45) is 11.8 Å². The quantitative estimate of drug-likeness (QED) is 0.257. The zero-order chi connectivity index (χ0) is 24.8. The SMILES string of the molecule is CCOC(=O)/C(C=N)=C(/Nc1cccc(C2CCCC(C(=O)N(C)C3CCCCC3)C2)c1)C1CC1. The van der Waals surface area contributed by atoms with E-state index in [1.807, 2.05) is 13.1 Å². The number of esters is 1. The number of benzene rings is 1. The standard InChI is InChI=1S/C29H41N3O3/c1-3-35-29(34)26(19-30)27(20-15-16-20)31-24-12-8-10-22(18-24)21-9-7-11-23(17-21)28(33)32(2)25-13-5-4-6-14-25/h8,10,12,18-21,23,25,30-31H,3-7,9,11,13-17H2,1-2H3/b27-26+,30-19?. The Morgan fingerprint density at radius 3 is 2.51 bits per heavy atom. The summed E-state index contributed by atoms with van der Waals surface area (Å²) in [6.45, 7) is 2.07. The molecule has 3 aliphatic rings. The molecule has 2 atom stereocenters. The van der Waals surface area contributed by atoms with Crippen LogP contribution < -0.4 is 5.32 Å². The predicted octanol–water partition coefficient (Wildman–Crippen LogP) is 6.04. The molecule has 1 aromatic rings. The summed E-state index contributed by atoms with van der Waals surface area (Å²) in [6.07, 6.45) is 13.3. The van der Waals surface area contributed by atoms with E-state index in [1.54, 1.807) is 6.92 Å². The summed E-state index contributed by atoms with van der Waals surface area (Å²) >= 11 is 0. The zero-order valence-electron chi connectivity index (χ0n) is 21.4. The van der Waals surface area contributed by atoms with Gasteiger partial charge in [0, 0.05) is 36.6 Å². The van der Waals surface area contributed by atoms with E-state index in [0.29, 0.717) is 30.0 Å². The highest BCUT2D eigenvalue weighted by Gasteiger charge is 2.33. The van der Waals surface area contributed by atoms with Crippen LogP contribution in [0.2, 0.25) is 0 Å². The van der Waals surface area contributed by atoms with Crippen LogP contribution >= 0.6 is 0 Å². The third-order valence-corrected chi connectivity index (χ3v) is 8.05. The maximum atomic E-state index is 13.3. The molecule has 0 radical (unpaired) electrons. The molecule has 3 saturated carbocycles. The molecule has 6 nitrogen and oxygen atoms in total. The van der Waals surface area contributed by atoms with Gasteiger partial charge in [-0.1, -0.05) is 37.8 Å². The second-order valence-corrected chi connectivity index (χ2v) is 10.5. The van der Waals surface area contributed by atoms with Gasteiger partial charge in [-0.2, -0.15) is 0 Å². The van der Waals surface area contributed by atoms with Gasteiger partial charge in [0.2, 0.25) is 5.91 Å². The topological polar surface area (TPSA) is 82.5 Å². The van der Waals surface area contributed by atoms with Crippen LogP contribution in [0.15, 0.2) is 35.5 Å². The molecule has 190 valence electrons. The van der Waals surface area contributed by atoms with E-state index < -0.39 is 5.97 Å². The van der Waals surface area contributed by atoms with Gasteiger partial charge < -0.3 is 20.4 Å². The van der Waals surface area contributed by atoms with Crippen LogP contribution in [0.4, 0.5) is 5.69 Å². The normalized spacial score (nSPS) is 23.7. The third-order valence-electron chi connectivity index (χ3n) is 8.05. The number of hydrogen-bond acceptors (Lipinski definition) is 5. The molecule has 0 aromatic heterocycles. The lowest BCUT2D eigenvalue weighted by Gasteiger charge is -2.36. The molecule has 3 fully saturated rings. The molecule has 2 unspecified atom stereocenters. The molecule has 0 spiro atoms. The van der Waals surface area contributed by atoms with Gasteiger partial charge in [-0.25, -0.2) is 4.79 Å². The van der Waals surface area contributed by atoms with Crippen LogP contribution in [0.5, 0.6) is 0 Å². The van der Waals surface area contributed by atoms with Gasteiger partial charge in [0.1, 0.15) is 0 Å². The minimum absolute atomic E-state index is 0.104. The number of nitrogens with zero attached hydrogens (tertiary/aromatic N) is 1. The maximum absolute atomic E-state index is 13.3. The Hall–Kier alpha value is -2.63. The number of rotatable bonds is 9. The van der Waals surface area contributed by atoms with Crippen LogP contribution in [0.3, 0.4) is 0 Å². The van der Waals surface area contributed by atoms with E-state index in [-0.39, 0.29) is 11.8 Å². The smallest absolute Gasteiger partial charge is 0.341 e. The van der Waals surface area contributed by atoms with E-state index in [2.05, 4.69) is 28.4 Å². The van der Waals surface area contributed by atoms with Crippen molar-refractivity contribution in [2.45, 2.75) is 89.5 Å². The number of hydrogen-bond donors (Lipinski definition) is 2. The van der Waals surface area contributed by atoms with Crippen molar-refractivity contribution in [1.29, 1.82) is 5.41 Å². The average molecular weight is 480 g/mol. The van der Waals surface area contributed by atoms with Crippen molar-refractivity contribution in [3.63, 3.8) is 0 Å². The molecular weight excluding hydrogens is 438 g/mol. The average Bonchev–Trinajstić information content (AvgIpc) is 3.74. The second kappa shape index (κ2) is 11.9. The fourth-order valence-corrected chi connectivity index (χ4v) is 5.90. The molecule has 0 aliphatic heterocycles. The highest BCUT2D eigenvalue weighted by Crippen LogP contribution is 2.41. The largest absolute Gasteiger partial charge is 0.462 e. The first-order valence-electron chi connectivity index (χ1n) is 13.6. The van der Waals surface area contributed by atoms with E-state index in [9.17, 15) is 9.59 Å². The first kappa shape index (κ1) is 25.5. The molecule has 1 aromatic carbocycles. The molecule has 3 aliphatic carbocycles. The number of nitrogens with one attached hydrogen (secondary N) is 2. The lowest BCUT2D eigenvalue weighted by molar-refractivity contribution is -0.138. The van der Waals surface area contributed by atoms with Crippen LogP contribution in [-0.2, 0) is 14.3 Å². The number of allylic oxidation sites excluding steroid dienone is 1. The Labute approximate surface area is 210 Å². The molecule has 0 bridgehead atoms. The number of carbonyl (C=O) groups excluding carboxylic acids is 2. The van der Waals surface area contributed by atoms with Crippen molar-refractivity contribution in [1.82, 2.24) is 4.90 Å². The molecule has 4 rings (SSSR count). The highest BCUT2D eigenvalue weighted by atomic mass is 16.5. The van der Waals surface area contributed by atoms with E-state index in [1.165, 1.54) is 24.8 Å². The van der Waals surface area contributed by atoms with Crippen LogP contribution in [0.1, 0.15) is 89.0 Å². The van der Waals surface area contributed by atoms with Crippen molar-refractivity contribution in [3.8, 4) is 0 Å². The lowest BCUT2D eigenvalue weighted by Crippen LogP contribution is -2.42. The van der Waals surface area contributed by atoms with Crippen LogP contribution in [0.25, 0.3) is 0 Å². The fourth-order valence-electron chi connectivity index (χ4n) is 5.90. The predicted molar refractivity (Wildman–Crippen MR) is 140 cm³/mol. The number of carbonyl (C=O) groups is 2. The molecule has 0 heterocycles. The number of amides is 1. The lowest BCUT2D eigenvalue weighted by atomic mass is 9.77. The monoisotopic (exact) mass is 479 g/mol. The third kappa shape index (κ3) is 6.33. The van der Waals surface area contributed by atoms with Crippen molar-refractivity contribution in [2.75, 3.05) is 19.0 Å². The van der Waals surface area contributed by atoms with Gasteiger partial charge >= 0.3 is 5.97 Å². The number of ether oxygens (including phenoxy) is 1. The zero-order valence-corrected chi connectivity index (χ0v) is 21.4. The highest BCUT2D eigenvalue weighted by molar-refractivity contribution is 6.09. The summed E-state index contributed by atoms with van der Waals surface area (Å²) in [4.78, 5) is 27.8. The van der Waals surface area contributed by atoms with Crippen LogP contribution in [0, 0.1) is 17.2 Å². The summed E-state index contributed by atoms with van der Waals surface area (Å²) in [5, 5.41) is 11.3. The summed E-state index contributed by atoms with van der Waals surface area (Å²) in [7, 11) is 2.02. The summed E-state index contributed by atoms with van der Waals surface area (Å²) < 4.78 is 5.18. The summed E-state index contributed by atoms with van der Waals surface area (Å²) in [5.74, 6) is 0.628. The molecular formula is C29H41N3O3. The van der Waals surface area contributed by atoms with Crippen molar-refractivity contribution in [3.05, 3.63) is 41.1 Å². The fraction of sp³-hybridized carbons (Fsp3) is 0.621. The van der Waals surface area contributed by atoms with Gasteiger partial charge in [-0.15, -0.1) is 0 Å². The second-order valence-electron chi connectivity index (χ2n) is 10.5. The summed E-state index contributed by atoms with van der Waals surface area (Å²) in [6, 6.07) is 8.81. The van der Waals surface area contributed by atoms with E-state index in [0.717, 1.165) is 69.0 Å². The molecule has 0 saturated heterocycles. The molecule has 2 N–H and O–H groups in total. The Kier molecular flexibility index (Phi) is 8.64. The summed E-state index contributed by atoms with van der Waals surface area (Å²) in [5.41, 5.74) is 3.28. The van der Waals surface area contributed by atoms with Crippen LogP contribution in [-0.4, -0.2) is 42.7 Å². The molecule has 6 heteroatoms. The Morgan fingerprint density at radius 1 is 1.06 bits per heavy atom. The van der Waals surface area contributed by atoms with E-state index >= 15 is 0 Å². The van der Waals surface area contributed by atoms with Gasteiger partial charge in [-0.05, 0) is 81.4 Å². The molecule has 1 amide bonds. The maximum Gasteiger partial charge on any atom is 0.341 e. The minimum Gasteiger partial charge on any atom is -0.462 e. The Morgan fingerprint density at radius 2 is 1.83 bits per heavy atom. The van der Waals surface area contributed by atoms with Gasteiger partial charge in [-0.3, -0.25) is 4.79 Å². The van der Waals surface area contributed by atoms with Crippen molar-refractivity contribution < 1.29 is 14.3 Å². The first-order valence-corrected chi connectivity index (χ1v) is 13.6. The molecule has 35 heavy (non-hydrogen) atoms. The van der Waals surface area contributed by atoms with Gasteiger partial charge in [0.05, 0.1) is 12.2 Å². The Balaban J connectivity index is 1.46. The van der Waals surface area contributed by atoms with Gasteiger partial charge in [0.15, 0.2) is 0 Å². The first-order chi connectivity index (χ1) is 17.0.